The van der Waals surface area contributed by atoms with Crippen LogP contribution in [0.5, 0.6) is 5.88 Å². The minimum atomic E-state index is 0. The number of guanidine groups is 1. The van der Waals surface area contributed by atoms with Gasteiger partial charge in [0.2, 0.25) is 5.88 Å². The molecule has 0 radical (unpaired) electrons. The number of aromatic nitrogens is 1. The molecule has 26 heavy (non-hydrogen) atoms. The van der Waals surface area contributed by atoms with Crippen LogP contribution in [-0.4, -0.2) is 71.8 Å². The molecule has 0 bridgehead atoms. The maximum absolute atomic E-state index is 5.63. The standard InChI is InChI=1S/C17H30N4O4.HI/c1-18-17(20-8-5-9-24-12-10-22-2)21-14-15-6-4-7-19-16(15)25-13-11-23-3;/h4,6-7H,5,8-14H2,1-3H3,(H2,18,20,21);1H. The van der Waals surface area contributed by atoms with E-state index in [1.54, 1.807) is 27.5 Å². The molecule has 1 heterocycles. The highest BCUT2D eigenvalue weighted by molar-refractivity contribution is 14.0. The molecule has 8 nitrogen and oxygen atoms in total. The molecule has 0 amide bonds. The van der Waals surface area contributed by atoms with Crippen LogP contribution in [0.15, 0.2) is 23.3 Å². The number of methoxy groups -OCH3 is 2. The van der Waals surface area contributed by atoms with Gasteiger partial charge in [-0.3, -0.25) is 4.99 Å². The Labute approximate surface area is 173 Å². The Balaban J connectivity index is 0.00000625. The van der Waals surface area contributed by atoms with E-state index in [0.29, 0.717) is 45.5 Å². The summed E-state index contributed by atoms with van der Waals surface area (Å²) in [7, 11) is 5.04. The molecule has 2 N–H and O–H groups in total. The highest BCUT2D eigenvalue weighted by Crippen LogP contribution is 2.13. The predicted molar refractivity (Wildman–Crippen MR) is 113 cm³/mol. The minimum Gasteiger partial charge on any atom is -0.475 e. The summed E-state index contributed by atoms with van der Waals surface area (Å²) in [5, 5.41) is 6.50. The van der Waals surface area contributed by atoms with E-state index in [1.807, 2.05) is 12.1 Å². The van der Waals surface area contributed by atoms with E-state index in [-0.39, 0.29) is 24.0 Å². The lowest BCUT2D eigenvalue weighted by atomic mass is 10.2. The predicted octanol–water partition coefficient (Wildman–Crippen LogP) is 1.44. The highest BCUT2D eigenvalue weighted by Gasteiger charge is 2.06. The van der Waals surface area contributed by atoms with E-state index >= 15 is 0 Å². The van der Waals surface area contributed by atoms with E-state index in [4.69, 9.17) is 18.9 Å². The zero-order valence-corrected chi connectivity index (χ0v) is 18.2. The average molecular weight is 482 g/mol. The Morgan fingerprint density at radius 2 is 1.85 bits per heavy atom. The molecule has 0 atom stereocenters. The first-order valence-electron chi connectivity index (χ1n) is 8.38. The molecule has 0 aliphatic heterocycles. The number of ether oxygens (including phenoxy) is 4. The van der Waals surface area contributed by atoms with Gasteiger partial charge in [0.1, 0.15) is 6.61 Å². The number of hydrogen-bond acceptors (Lipinski definition) is 6. The van der Waals surface area contributed by atoms with Crippen molar-refractivity contribution in [1.29, 1.82) is 0 Å². The molecule has 0 aliphatic carbocycles. The molecule has 0 aliphatic rings. The van der Waals surface area contributed by atoms with Crippen LogP contribution in [0.25, 0.3) is 0 Å². The van der Waals surface area contributed by atoms with Crippen molar-refractivity contribution < 1.29 is 18.9 Å². The van der Waals surface area contributed by atoms with Crippen molar-refractivity contribution in [2.24, 2.45) is 4.99 Å². The van der Waals surface area contributed by atoms with Crippen LogP contribution in [0, 0.1) is 0 Å². The lowest BCUT2D eigenvalue weighted by Crippen LogP contribution is -2.37. The smallest absolute Gasteiger partial charge is 0.218 e. The summed E-state index contributed by atoms with van der Waals surface area (Å²) in [6.45, 7) is 4.27. The van der Waals surface area contributed by atoms with Crippen LogP contribution in [0.4, 0.5) is 0 Å². The van der Waals surface area contributed by atoms with Crippen molar-refractivity contribution in [2.45, 2.75) is 13.0 Å². The van der Waals surface area contributed by atoms with Crippen LogP contribution in [0.1, 0.15) is 12.0 Å². The molecule has 150 valence electrons. The molecule has 0 aromatic carbocycles. The first-order chi connectivity index (χ1) is 12.3. The molecule has 0 spiro atoms. The van der Waals surface area contributed by atoms with E-state index in [0.717, 1.165) is 24.5 Å². The van der Waals surface area contributed by atoms with E-state index in [2.05, 4.69) is 20.6 Å². The van der Waals surface area contributed by atoms with Gasteiger partial charge in [0, 0.05) is 52.7 Å². The van der Waals surface area contributed by atoms with Crippen LogP contribution in [-0.2, 0) is 20.8 Å². The molecule has 1 aromatic heterocycles. The first-order valence-corrected chi connectivity index (χ1v) is 8.38. The summed E-state index contributed by atoms with van der Waals surface area (Å²) < 4.78 is 21.0. The van der Waals surface area contributed by atoms with Gasteiger partial charge in [-0.15, -0.1) is 24.0 Å². The number of nitrogens with one attached hydrogen (secondary N) is 2. The van der Waals surface area contributed by atoms with Crippen molar-refractivity contribution >= 4 is 29.9 Å². The normalized spacial score (nSPS) is 11.0. The maximum Gasteiger partial charge on any atom is 0.218 e. The van der Waals surface area contributed by atoms with Gasteiger partial charge in [-0.25, -0.2) is 4.98 Å². The molecule has 1 rings (SSSR count). The highest BCUT2D eigenvalue weighted by atomic mass is 127. The number of halogens is 1. The summed E-state index contributed by atoms with van der Waals surface area (Å²) in [6, 6.07) is 3.85. The van der Waals surface area contributed by atoms with Crippen LogP contribution >= 0.6 is 24.0 Å². The van der Waals surface area contributed by atoms with Gasteiger partial charge in [0.05, 0.1) is 19.8 Å². The van der Waals surface area contributed by atoms with Crippen molar-refractivity contribution in [2.75, 3.05) is 60.8 Å². The summed E-state index contributed by atoms with van der Waals surface area (Å²) >= 11 is 0. The third-order valence-electron chi connectivity index (χ3n) is 3.24. The number of rotatable bonds is 13. The lowest BCUT2D eigenvalue weighted by molar-refractivity contribution is 0.0698. The van der Waals surface area contributed by atoms with Crippen molar-refractivity contribution in [3.05, 3.63) is 23.9 Å². The molecule has 9 heteroatoms. The van der Waals surface area contributed by atoms with Gasteiger partial charge in [-0.2, -0.15) is 0 Å². The van der Waals surface area contributed by atoms with Gasteiger partial charge in [-0.1, -0.05) is 6.07 Å². The lowest BCUT2D eigenvalue weighted by Gasteiger charge is -2.14. The molecule has 0 unspecified atom stereocenters. The van der Waals surface area contributed by atoms with E-state index < -0.39 is 0 Å². The molecule has 0 saturated heterocycles. The van der Waals surface area contributed by atoms with Gasteiger partial charge in [0.15, 0.2) is 5.96 Å². The summed E-state index contributed by atoms with van der Waals surface area (Å²) in [6.07, 6.45) is 2.60. The van der Waals surface area contributed by atoms with Gasteiger partial charge in [0.25, 0.3) is 0 Å². The molecule has 1 aromatic rings. The fourth-order valence-electron chi connectivity index (χ4n) is 1.94. The zero-order chi connectivity index (χ0) is 18.2. The molecular formula is C17H31IN4O4. The molecule has 0 fully saturated rings. The zero-order valence-electron chi connectivity index (χ0n) is 15.8. The topological polar surface area (TPSA) is 86.2 Å². The number of nitrogens with zero attached hydrogens (tertiary/aromatic N) is 2. The third kappa shape index (κ3) is 11.4. The van der Waals surface area contributed by atoms with Crippen LogP contribution in [0.3, 0.4) is 0 Å². The second kappa shape index (κ2) is 17.3. The van der Waals surface area contributed by atoms with Crippen LogP contribution < -0.4 is 15.4 Å². The SMILES string of the molecule is CN=C(NCCCOCCOC)NCc1cccnc1OCCOC.I. The number of pyridine rings is 1. The second-order valence-electron chi connectivity index (χ2n) is 5.12. The Hall–Kier alpha value is -1.17. The van der Waals surface area contributed by atoms with Crippen LogP contribution in [0.2, 0.25) is 0 Å². The Kier molecular flexibility index (Phi) is 16.5. The second-order valence-corrected chi connectivity index (χ2v) is 5.12. The Morgan fingerprint density at radius 1 is 1.08 bits per heavy atom. The van der Waals surface area contributed by atoms with E-state index in [1.165, 1.54) is 0 Å². The van der Waals surface area contributed by atoms with Gasteiger partial charge < -0.3 is 29.6 Å². The van der Waals surface area contributed by atoms with Crippen molar-refractivity contribution in [3.8, 4) is 5.88 Å². The summed E-state index contributed by atoms with van der Waals surface area (Å²) in [5.74, 6) is 1.33. The molecule has 0 saturated carbocycles. The minimum absolute atomic E-state index is 0. The van der Waals surface area contributed by atoms with Crippen molar-refractivity contribution in [3.63, 3.8) is 0 Å². The summed E-state index contributed by atoms with van der Waals surface area (Å²) in [4.78, 5) is 8.47. The maximum atomic E-state index is 5.63. The molecular weight excluding hydrogens is 451 g/mol. The number of hydrogen-bond donors (Lipinski definition) is 2. The quantitative estimate of drug-likeness (QED) is 0.191. The average Bonchev–Trinajstić information content (AvgIpc) is 2.64. The summed E-state index contributed by atoms with van der Waals surface area (Å²) in [5.41, 5.74) is 0.962. The van der Waals surface area contributed by atoms with Gasteiger partial charge in [-0.05, 0) is 12.5 Å². The van der Waals surface area contributed by atoms with Gasteiger partial charge >= 0.3 is 0 Å². The van der Waals surface area contributed by atoms with Crippen molar-refractivity contribution in [1.82, 2.24) is 15.6 Å². The fraction of sp³-hybridized carbons (Fsp3) is 0.647. The third-order valence-corrected chi connectivity index (χ3v) is 3.24. The van der Waals surface area contributed by atoms with E-state index in [9.17, 15) is 0 Å². The number of aliphatic imine (C=N–C) groups is 1. The monoisotopic (exact) mass is 482 g/mol. The first kappa shape index (κ1) is 24.8. The fourth-order valence-corrected chi connectivity index (χ4v) is 1.94. The largest absolute Gasteiger partial charge is 0.475 e. The Morgan fingerprint density at radius 3 is 2.58 bits per heavy atom. The Bertz CT molecular complexity index is 492.